The molecule has 1 aliphatic heterocycles. The minimum Gasteiger partial charge on any atom is -0.329 e. The van der Waals surface area contributed by atoms with Gasteiger partial charge < -0.3 is 5.43 Å². The van der Waals surface area contributed by atoms with E-state index in [0.29, 0.717) is 12.0 Å². The third-order valence-corrected chi connectivity index (χ3v) is 2.11. The van der Waals surface area contributed by atoms with Crippen molar-refractivity contribution in [3.8, 4) is 0 Å². The predicted molar refractivity (Wildman–Crippen MR) is 45.6 cm³/mol. The van der Waals surface area contributed by atoms with Crippen LogP contribution >= 0.6 is 0 Å². The third kappa shape index (κ3) is 1.35. The minimum atomic E-state index is 0.454. The molecule has 2 nitrogen and oxygen atoms in total. The van der Waals surface area contributed by atoms with Gasteiger partial charge >= 0.3 is 0 Å². The van der Waals surface area contributed by atoms with Crippen molar-refractivity contribution in [2.75, 3.05) is 0 Å². The molecule has 2 heteroatoms. The van der Waals surface area contributed by atoms with E-state index in [1.165, 1.54) is 0 Å². The molecule has 2 N–H and O–H groups in total. The summed E-state index contributed by atoms with van der Waals surface area (Å²) in [7, 11) is 0. The van der Waals surface area contributed by atoms with Gasteiger partial charge in [0.25, 0.3) is 0 Å². The second kappa shape index (κ2) is 2.93. The molecule has 0 aromatic carbocycles. The van der Waals surface area contributed by atoms with Crippen molar-refractivity contribution in [3.05, 3.63) is 36.6 Å². The second-order valence-corrected chi connectivity index (χ2v) is 2.89. The van der Waals surface area contributed by atoms with Gasteiger partial charge in [-0.15, -0.1) is 0 Å². The lowest BCUT2D eigenvalue weighted by atomic mass is 9.93. The Hall–Kier alpha value is -1.02. The smallest absolute Gasteiger partial charge is 0.0509 e. The number of rotatable bonds is 0. The highest BCUT2D eigenvalue weighted by atomic mass is 15.4. The largest absolute Gasteiger partial charge is 0.329 e. The number of allylic oxidation sites excluding steroid dienone is 3. The fraction of sp³-hybridized carbons (Fsp3) is 0.333. The van der Waals surface area contributed by atoms with Crippen LogP contribution in [0.1, 0.15) is 6.42 Å². The fourth-order valence-corrected chi connectivity index (χ4v) is 1.46. The summed E-state index contributed by atoms with van der Waals surface area (Å²) in [6, 6.07) is 0.454. The summed E-state index contributed by atoms with van der Waals surface area (Å²) in [5, 5.41) is 0. The van der Waals surface area contributed by atoms with Gasteiger partial charge in [0.2, 0.25) is 0 Å². The first-order valence-electron chi connectivity index (χ1n) is 3.98. The van der Waals surface area contributed by atoms with Crippen molar-refractivity contribution in [1.29, 1.82) is 0 Å². The standard InChI is InChI=1S/C9H12N2/c1-2-6-9-8(4-1)5-3-7-10-11-9/h1-4,6-11H,5H2. The van der Waals surface area contributed by atoms with E-state index < -0.39 is 0 Å². The van der Waals surface area contributed by atoms with Gasteiger partial charge in [-0.25, -0.2) is 5.43 Å². The summed E-state index contributed by atoms with van der Waals surface area (Å²) >= 11 is 0. The Bertz CT molecular complexity index is 216. The van der Waals surface area contributed by atoms with Crippen LogP contribution in [0.2, 0.25) is 0 Å². The molecule has 0 radical (unpaired) electrons. The zero-order chi connectivity index (χ0) is 7.52. The second-order valence-electron chi connectivity index (χ2n) is 2.89. The number of hydrazine groups is 1. The summed E-state index contributed by atoms with van der Waals surface area (Å²) in [4.78, 5) is 0. The van der Waals surface area contributed by atoms with Crippen molar-refractivity contribution in [3.63, 3.8) is 0 Å². The van der Waals surface area contributed by atoms with Crippen LogP contribution in [0, 0.1) is 5.92 Å². The molecule has 2 aliphatic rings. The van der Waals surface area contributed by atoms with Gasteiger partial charge in [0.1, 0.15) is 0 Å². The molecule has 1 heterocycles. The molecule has 0 saturated carbocycles. The van der Waals surface area contributed by atoms with E-state index in [-0.39, 0.29) is 0 Å². The topological polar surface area (TPSA) is 24.1 Å². The van der Waals surface area contributed by atoms with E-state index in [9.17, 15) is 0 Å². The van der Waals surface area contributed by atoms with Crippen LogP contribution in [-0.4, -0.2) is 6.04 Å². The highest BCUT2D eigenvalue weighted by molar-refractivity contribution is 5.18. The van der Waals surface area contributed by atoms with E-state index in [1.54, 1.807) is 0 Å². The molecule has 11 heavy (non-hydrogen) atoms. The Balaban J connectivity index is 2.13. The molecule has 0 fully saturated rings. The molecule has 2 unspecified atom stereocenters. The summed E-state index contributed by atoms with van der Waals surface area (Å²) in [6.45, 7) is 0. The maximum atomic E-state index is 3.21. The number of fused-ring (bicyclic) bond motifs is 1. The Labute approximate surface area is 66.6 Å². The quantitative estimate of drug-likeness (QED) is 0.537. The fourth-order valence-electron chi connectivity index (χ4n) is 1.46. The predicted octanol–water partition coefficient (Wildman–Crippen LogP) is 1.11. The van der Waals surface area contributed by atoms with Crippen molar-refractivity contribution < 1.29 is 0 Å². The highest BCUT2D eigenvalue weighted by Crippen LogP contribution is 2.17. The summed E-state index contributed by atoms with van der Waals surface area (Å²) in [6.07, 6.45) is 13.9. The summed E-state index contributed by atoms with van der Waals surface area (Å²) in [5.74, 6) is 0.617. The Kier molecular flexibility index (Phi) is 1.78. The Morgan fingerprint density at radius 2 is 2.09 bits per heavy atom. The van der Waals surface area contributed by atoms with E-state index in [4.69, 9.17) is 0 Å². The van der Waals surface area contributed by atoms with Crippen LogP contribution in [0.5, 0.6) is 0 Å². The lowest BCUT2D eigenvalue weighted by molar-refractivity contribution is 0.458. The van der Waals surface area contributed by atoms with Crippen LogP contribution in [0.4, 0.5) is 0 Å². The first-order valence-corrected chi connectivity index (χ1v) is 3.98. The first kappa shape index (κ1) is 6.68. The van der Waals surface area contributed by atoms with Crippen LogP contribution in [0.15, 0.2) is 36.6 Å². The third-order valence-electron chi connectivity index (χ3n) is 2.11. The molecule has 58 valence electrons. The van der Waals surface area contributed by atoms with Crippen LogP contribution < -0.4 is 10.9 Å². The molecular formula is C9H12N2. The summed E-state index contributed by atoms with van der Waals surface area (Å²) < 4.78 is 0. The lowest BCUT2D eigenvalue weighted by Crippen LogP contribution is -2.39. The van der Waals surface area contributed by atoms with Crippen molar-refractivity contribution in [2.45, 2.75) is 12.5 Å². The molecule has 2 atom stereocenters. The minimum absolute atomic E-state index is 0.454. The average Bonchev–Trinajstić information content (AvgIpc) is 2.28. The van der Waals surface area contributed by atoms with Gasteiger partial charge in [0.05, 0.1) is 6.04 Å². The van der Waals surface area contributed by atoms with Gasteiger partial charge in [0, 0.05) is 12.1 Å². The average molecular weight is 148 g/mol. The van der Waals surface area contributed by atoms with Gasteiger partial charge in [-0.05, 0) is 6.42 Å². The Morgan fingerprint density at radius 1 is 1.18 bits per heavy atom. The van der Waals surface area contributed by atoms with Gasteiger partial charge in [-0.1, -0.05) is 30.4 Å². The van der Waals surface area contributed by atoms with Crippen molar-refractivity contribution in [1.82, 2.24) is 10.9 Å². The monoisotopic (exact) mass is 148 g/mol. The highest BCUT2D eigenvalue weighted by Gasteiger charge is 2.17. The Morgan fingerprint density at radius 3 is 3.09 bits per heavy atom. The first-order chi connectivity index (χ1) is 5.47. The number of nitrogens with one attached hydrogen (secondary N) is 2. The SMILES string of the molecule is C1=CC2CC=CNNC2C=C1. The molecule has 0 saturated heterocycles. The van der Waals surface area contributed by atoms with Crippen molar-refractivity contribution >= 4 is 0 Å². The summed E-state index contributed by atoms with van der Waals surface area (Å²) in [5.41, 5.74) is 6.24. The molecule has 0 aromatic heterocycles. The molecular weight excluding hydrogens is 136 g/mol. The van der Waals surface area contributed by atoms with Gasteiger partial charge in [0.15, 0.2) is 0 Å². The number of hydrogen-bond acceptors (Lipinski definition) is 2. The van der Waals surface area contributed by atoms with Crippen LogP contribution in [0.3, 0.4) is 0 Å². The molecule has 0 spiro atoms. The number of hydrogen-bond donors (Lipinski definition) is 2. The normalized spacial score (nSPS) is 34.2. The maximum absolute atomic E-state index is 3.21. The zero-order valence-corrected chi connectivity index (χ0v) is 6.33. The molecule has 0 amide bonds. The van der Waals surface area contributed by atoms with Gasteiger partial charge in [-0.3, -0.25) is 0 Å². The van der Waals surface area contributed by atoms with Crippen LogP contribution in [-0.2, 0) is 0 Å². The van der Waals surface area contributed by atoms with Crippen LogP contribution in [0.25, 0.3) is 0 Å². The lowest BCUT2D eigenvalue weighted by Gasteiger charge is -2.21. The molecule has 0 bridgehead atoms. The van der Waals surface area contributed by atoms with Gasteiger partial charge in [-0.2, -0.15) is 0 Å². The van der Waals surface area contributed by atoms with Crippen molar-refractivity contribution in [2.24, 2.45) is 5.92 Å². The van der Waals surface area contributed by atoms with E-state index in [1.807, 2.05) is 6.20 Å². The van der Waals surface area contributed by atoms with E-state index >= 15 is 0 Å². The van der Waals surface area contributed by atoms with E-state index in [0.717, 1.165) is 6.42 Å². The molecule has 2 rings (SSSR count). The zero-order valence-electron chi connectivity index (χ0n) is 6.33. The molecule has 1 aliphatic carbocycles. The maximum Gasteiger partial charge on any atom is 0.0509 e. The molecule has 0 aromatic rings. The van der Waals surface area contributed by atoms with E-state index in [2.05, 4.69) is 41.2 Å².